The van der Waals surface area contributed by atoms with Crippen LogP contribution >= 0.6 is 0 Å². The Labute approximate surface area is 208 Å². The number of para-hydroxylation sites is 2. The van der Waals surface area contributed by atoms with Gasteiger partial charge in [0.15, 0.2) is 11.5 Å². The standard InChI is InChI=1S/C30H34N2O3/c1-34-27-14-5-6-15-28(27)35-26-13-9-10-24(22-26)23-31-18-20-32(21-19-31)29(33)30(16-7-8-17-30)25-11-3-2-4-12-25/h2-6,9-15,22H,7-8,16-21,23H2,1H3. The second-order valence-corrected chi connectivity index (χ2v) is 9.62. The van der Waals surface area contributed by atoms with Crippen molar-refractivity contribution in [2.75, 3.05) is 33.3 Å². The van der Waals surface area contributed by atoms with Crippen LogP contribution in [0.2, 0.25) is 0 Å². The van der Waals surface area contributed by atoms with Crippen LogP contribution in [0.5, 0.6) is 17.2 Å². The molecule has 182 valence electrons. The third kappa shape index (κ3) is 5.06. The highest BCUT2D eigenvalue weighted by atomic mass is 16.5. The van der Waals surface area contributed by atoms with Crippen molar-refractivity contribution in [1.82, 2.24) is 9.80 Å². The molecule has 3 aromatic rings. The Morgan fingerprint density at radius 3 is 2.23 bits per heavy atom. The molecule has 1 aliphatic carbocycles. The normalized spacial score (nSPS) is 17.8. The molecule has 5 rings (SSSR count). The van der Waals surface area contributed by atoms with Gasteiger partial charge in [0.25, 0.3) is 0 Å². The highest BCUT2D eigenvalue weighted by Crippen LogP contribution is 2.42. The maximum atomic E-state index is 13.7. The van der Waals surface area contributed by atoms with Gasteiger partial charge in [0.05, 0.1) is 12.5 Å². The highest BCUT2D eigenvalue weighted by Gasteiger charge is 2.45. The average molecular weight is 471 g/mol. The minimum atomic E-state index is -0.326. The van der Waals surface area contributed by atoms with Crippen molar-refractivity contribution in [3.63, 3.8) is 0 Å². The van der Waals surface area contributed by atoms with Crippen LogP contribution in [0.1, 0.15) is 36.8 Å². The molecule has 5 heteroatoms. The van der Waals surface area contributed by atoms with Gasteiger partial charge in [-0.25, -0.2) is 0 Å². The van der Waals surface area contributed by atoms with E-state index in [0.717, 1.165) is 64.2 Å². The zero-order valence-electron chi connectivity index (χ0n) is 20.5. The summed E-state index contributed by atoms with van der Waals surface area (Å²) in [5.74, 6) is 2.55. The predicted molar refractivity (Wildman–Crippen MR) is 138 cm³/mol. The van der Waals surface area contributed by atoms with Crippen molar-refractivity contribution in [3.05, 3.63) is 90.0 Å². The molecule has 1 aliphatic heterocycles. The summed E-state index contributed by atoms with van der Waals surface area (Å²) in [7, 11) is 1.65. The van der Waals surface area contributed by atoms with E-state index in [1.54, 1.807) is 7.11 Å². The number of piperazine rings is 1. The summed E-state index contributed by atoms with van der Waals surface area (Å²) in [5.41, 5.74) is 2.07. The predicted octanol–water partition coefficient (Wildman–Crippen LogP) is 5.64. The molecule has 1 saturated heterocycles. The van der Waals surface area contributed by atoms with Crippen LogP contribution in [-0.2, 0) is 16.8 Å². The maximum Gasteiger partial charge on any atom is 0.233 e. The first-order chi connectivity index (χ1) is 17.2. The quantitative estimate of drug-likeness (QED) is 0.448. The number of hydrogen-bond acceptors (Lipinski definition) is 4. The first kappa shape index (κ1) is 23.4. The summed E-state index contributed by atoms with van der Waals surface area (Å²) in [4.78, 5) is 18.3. The molecule has 0 unspecified atom stereocenters. The lowest BCUT2D eigenvalue weighted by Crippen LogP contribution is -2.53. The molecule has 0 spiro atoms. The van der Waals surface area contributed by atoms with E-state index >= 15 is 0 Å². The average Bonchev–Trinajstić information content (AvgIpc) is 3.41. The number of ether oxygens (including phenoxy) is 2. The van der Waals surface area contributed by atoms with E-state index < -0.39 is 0 Å². The van der Waals surface area contributed by atoms with Crippen LogP contribution in [0.25, 0.3) is 0 Å². The van der Waals surface area contributed by atoms with Gasteiger partial charge in [-0.15, -0.1) is 0 Å². The number of hydrogen-bond donors (Lipinski definition) is 0. The Kier molecular flexibility index (Phi) is 7.05. The summed E-state index contributed by atoms with van der Waals surface area (Å²) < 4.78 is 11.5. The second-order valence-electron chi connectivity index (χ2n) is 9.62. The molecule has 0 radical (unpaired) electrons. The number of nitrogens with zero attached hydrogens (tertiary/aromatic N) is 2. The van der Waals surface area contributed by atoms with E-state index in [9.17, 15) is 4.79 Å². The zero-order valence-corrected chi connectivity index (χ0v) is 20.5. The van der Waals surface area contributed by atoms with Gasteiger partial charge < -0.3 is 14.4 Å². The molecule has 1 heterocycles. The highest BCUT2D eigenvalue weighted by molar-refractivity contribution is 5.88. The first-order valence-electron chi connectivity index (χ1n) is 12.6. The number of methoxy groups -OCH3 is 1. The molecular formula is C30H34N2O3. The van der Waals surface area contributed by atoms with Crippen LogP contribution in [0, 0.1) is 0 Å². The summed E-state index contributed by atoms with van der Waals surface area (Å²) in [5, 5.41) is 0. The van der Waals surface area contributed by atoms with Crippen molar-refractivity contribution < 1.29 is 14.3 Å². The molecule has 5 nitrogen and oxygen atoms in total. The van der Waals surface area contributed by atoms with Crippen molar-refractivity contribution in [3.8, 4) is 17.2 Å². The Balaban J connectivity index is 1.21. The topological polar surface area (TPSA) is 42.0 Å². The van der Waals surface area contributed by atoms with E-state index in [2.05, 4.69) is 46.2 Å². The number of carbonyl (C=O) groups is 1. The fraction of sp³-hybridized carbons (Fsp3) is 0.367. The maximum absolute atomic E-state index is 13.7. The van der Waals surface area contributed by atoms with Crippen molar-refractivity contribution in [2.45, 2.75) is 37.6 Å². The molecule has 3 aromatic carbocycles. The largest absolute Gasteiger partial charge is 0.493 e. The van der Waals surface area contributed by atoms with Gasteiger partial charge >= 0.3 is 0 Å². The Morgan fingerprint density at radius 1 is 0.829 bits per heavy atom. The van der Waals surface area contributed by atoms with Crippen molar-refractivity contribution >= 4 is 5.91 Å². The smallest absolute Gasteiger partial charge is 0.233 e. The Hall–Kier alpha value is -3.31. The van der Waals surface area contributed by atoms with Crippen LogP contribution < -0.4 is 9.47 Å². The number of rotatable bonds is 7. The lowest BCUT2D eigenvalue weighted by atomic mass is 9.77. The van der Waals surface area contributed by atoms with Crippen molar-refractivity contribution in [2.24, 2.45) is 0 Å². The van der Waals surface area contributed by atoms with Gasteiger partial charge in [-0.1, -0.05) is 67.4 Å². The summed E-state index contributed by atoms with van der Waals surface area (Å²) in [6.07, 6.45) is 4.20. The monoisotopic (exact) mass is 470 g/mol. The van der Waals surface area contributed by atoms with E-state index in [0.29, 0.717) is 17.4 Å². The minimum Gasteiger partial charge on any atom is -0.493 e. The molecule has 0 N–H and O–H groups in total. The summed E-state index contributed by atoms with van der Waals surface area (Å²) >= 11 is 0. The summed E-state index contributed by atoms with van der Waals surface area (Å²) in [6, 6.07) is 26.3. The van der Waals surface area contributed by atoms with E-state index in [1.165, 1.54) is 11.1 Å². The van der Waals surface area contributed by atoms with Gasteiger partial charge in [0, 0.05) is 32.7 Å². The third-order valence-corrected chi connectivity index (χ3v) is 7.45. The van der Waals surface area contributed by atoms with Crippen LogP contribution in [0.4, 0.5) is 0 Å². The Bertz CT molecular complexity index is 1130. The van der Waals surface area contributed by atoms with Crippen LogP contribution in [0.3, 0.4) is 0 Å². The van der Waals surface area contributed by atoms with E-state index in [1.807, 2.05) is 42.5 Å². The molecule has 2 fully saturated rings. The van der Waals surface area contributed by atoms with E-state index in [4.69, 9.17) is 9.47 Å². The second kappa shape index (κ2) is 10.5. The molecule has 0 aromatic heterocycles. The van der Waals surface area contributed by atoms with Crippen LogP contribution in [-0.4, -0.2) is 49.0 Å². The number of carbonyl (C=O) groups excluding carboxylic acids is 1. The number of benzene rings is 3. The SMILES string of the molecule is COc1ccccc1Oc1cccc(CN2CCN(C(=O)C3(c4ccccc4)CCCC3)CC2)c1. The van der Waals surface area contributed by atoms with Gasteiger partial charge in [0.1, 0.15) is 5.75 Å². The zero-order chi connectivity index (χ0) is 24.1. The van der Waals surface area contributed by atoms with E-state index in [-0.39, 0.29) is 5.41 Å². The molecular weight excluding hydrogens is 436 g/mol. The molecule has 1 amide bonds. The third-order valence-electron chi connectivity index (χ3n) is 7.45. The van der Waals surface area contributed by atoms with Crippen molar-refractivity contribution in [1.29, 1.82) is 0 Å². The molecule has 2 aliphatic rings. The number of amides is 1. The van der Waals surface area contributed by atoms with Gasteiger partial charge in [-0.2, -0.15) is 0 Å². The molecule has 0 bridgehead atoms. The van der Waals surface area contributed by atoms with Crippen LogP contribution in [0.15, 0.2) is 78.9 Å². The Morgan fingerprint density at radius 2 is 1.51 bits per heavy atom. The fourth-order valence-corrected chi connectivity index (χ4v) is 5.57. The first-order valence-corrected chi connectivity index (χ1v) is 12.6. The molecule has 35 heavy (non-hydrogen) atoms. The van der Waals surface area contributed by atoms with Gasteiger partial charge in [-0.3, -0.25) is 9.69 Å². The van der Waals surface area contributed by atoms with Gasteiger partial charge in [-0.05, 0) is 48.2 Å². The minimum absolute atomic E-state index is 0.326. The molecule has 1 saturated carbocycles. The lowest BCUT2D eigenvalue weighted by Gasteiger charge is -2.40. The fourth-order valence-electron chi connectivity index (χ4n) is 5.57. The lowest BCUT2D eigenvalue weighted by molar-refractivity contribution is -0.139. The van der Waals surface area contributed by atoms with Gasteiger partial charge in [0.2, 0.25) is 5.91 Å². The molecule has 0 atom stereocenters. The summed E-state index contributed by atoms with van der Waals surface area (Å²) in [6.45, 7) is 4.17.